The van der Waals surface area contributed by atoms with E-state index in [4.69, 9.17) is 4.74 Å². The van der Waals surface area contributed by atoms with Crippen LogP contribution in [0.2, 0.25) is 0 Å². The molecule has 2 aromatic carbocycles. The molecule has 0 aliphatic carbocycles. The van der Waals surface area contributed by atoms with Gasteiger partial charge in [0.05, 0.1) is 10.5 Å². The highest BCUT2D eigenvalue weighted by Crippen LogP contribution is 2.24. The fourth-order valence-electron chi connectivity index (χ4n) is 3.60. The molecule has 0 unspecified atom stereocenters. The van der Waals surface area contributed by atoms with E-state index in [9.17, 15) is 18.0 Å². The summed E-state index contributed by atoms with van der Waals surface area (Å²) >= 11 is 0. The van der Waals surface area contributed by atoms with Crippen molar-refractivity contribution in [1.82, 2.24) is 14.2 Å². The molecule has 9 heteroatoms. The van der Waals surface area contributed by atoms with Gasteiger partial charge in [0.2, 0.25) is 10.0 Å². The number of nitrogens with zero attached hydrogens (tertiary/aromatic N) is 2. The van der Waals surface area contributed by atoms with E-state index >= 15 is 0 Å². The van der Waals surface area contributed by atoms with E-state index in [0.29, 0.717) is 30.6 Å². The van der Waals surface area contributed by atoms with Gasteiger partial charge in [-0.05, 0) is 43.3 Å². The maximum absolute atomic E-state index is 13.2. The number of nitrogens with one attached hydrogen (secondary N) is 1. The average Bonchev–Trinajstić information content (AvgIpc) is 3.09. The molecule has 0 bridgehead atoms. The van der Waals surface area contributed by atoms with Gasteiger partial charge in [0, 0.05) is 36.6 Å². The maximum Gasteiger partial charge on any atom is 0.339 e. The van der Waals surface area contributed by atoms with Crippen LogP contribution in [0.15, 0.2) is 70.5 Å². The second kappa shape index (κ2) is 9.01. The number of pyridine rings is 1. The van der Waals surface area contributed by atoms with E-state index in [1.165, 1.54) is 21.1 Å². The minimum absolute atomic E-state index is 0.109. The number of carbonyl (C=O) groups excluding carboxylic acids is 1. The summed E-state index contributed by atoms with van der Waals surface area (Å²) in [5.74, 6) is -0.543. The van der Waals surface area contributed by atoms with Gasteiger partial charge in [0.15, 0.2) is 6.73 Å². The molecule has 1 fully saturated rings. The second-order valence-corrected chi connectivity index (χ2v) is 9.15. The second-order valence-electron chi connectivity index (χ2n) is 7.24. The number of fused-ring (bicyclic) bond motifs is 1. The third-order valence-corrected chi connectivity index (χ3v) is 7.20. The zero-order chi connectivity index (χ0) is 21.8. The van der Waals surface area contributed by atoms with Crippen LogP contribution in [0.4, 0.5) is 0 Å². The van der Waals surface area contributed by atoms with Crippen LogP contribution in [0.1, 0.15) is 16.8 Å². The molecule has 1 aliphatic rings. The first kappa shape index (κ1) is 21.2. The number of esters is 1. The molecule has 162 valence electrons. The van der Waals surface area contributed by atoms with Crippen LogP contribution in [0.3, 0.4) is 0 Å². The van der Waals surface area contributed by atoms with Crippen LogP contribution in [0, 0.1) is 0 Å². The van der Waals surface area contributed by atoms with Crippen molar-refractivity contribution in [2.24, 2.45) is 0 Å². The molecule has 3 aromatic rings. The summed E-state index contributed by atoms with van der Waals surface area (Å²) in [6.07, 6.45) is 2.18. The van der Waals surface area contributed by atoms with Crippen molar-refractivity contribution < 1.29 is 17.9 Å². The number of benzene rings is 2. The van der Waals surface area contributed by atoms with Crippen LogP contribution >= 0.6 is 0 Å². The van der Waals surface area contributed by atoms with Crippen LogP contribution in [-0.2, 0) is 21.5 Å². The molecule has 0 spiro atoms. The molecule has 0 amide bonds. The Labute approximate surface area is 180 Å². The number of aromatic nitrogens is 1. The first-order chi connectivity index (χ1) is 15.0. The molecular weight excluding hydrogens is 418 g/mol. The number of rotatable bonds is 5. The Kier molecular flexibility index (Phi) is 6.17. The van der Waals surface area contributed by atoms with Crippen molar-refractivity contribution in [1.29, 1.82) is 0 Å². The lowest BCUT2D eigenvalue weighted by Crippen LogP contribution is -2.34. The Morgan fingerprint density at radius 3 is 2.58 bits per heavy atom. The molecule has 0 saturated carbocycles. The van der Waals surface area contributed by atoms with Crippen molar-refractivity contribution in [3.63, 3.8) is 0 Å². The monoisotopic (exact) mass is 441 g/mol. The third kappa shape index (κ3) is 4.39. The Bertz CT molecular complexity index is 1250. The Balaban J connectivity index is 1.63. The normalized spacial score (nSPS) is 15.5. The number of ether oxygens (including phenoxy) is 1. The molecule has 31 heavy (non-hydrogen) atoms. The molecule has 8 nitrogen and oxygen atoms in total. The summed E-state index contributed by atoms with van der Waals surface area (Å²) in [6, 6.07) is 14.7. The van der Waals surface area contributed by atoms with Crippen LogP contribution in [-0.4, -0.2) is 49.4 Å². The van der Waals surface area contributed by atoms with E-state index in [1.54, 1.807) is 48.5 Å². The third-order valence-electron chi connectivity index (χ3n) is 5.24. The molecular formula is C22H23N3O5S. The van der Waals surface area contributed by atoms with Crippen molar-refractivity contribution >= 4 is 26.8 Å². The van der Waals surface area contributed by atoms with Gasteiger partial charge in [-0.2, -0.15) is 4.31 Å². The quantitative estimate of drug-likeness (QED) is 0.607. The molecule has 4 rings (SSSR count). The molecule has 2 heterocycles. The zero-order valence-electron chi connectivity index (χ0n) is 16.9. The summed E-state index contributed by atoms with van der Waals surface area (Å²) in [6.45, 7) is 1.90. The predicted octanol–water partition coefficient (Wildman–Crippen LogP) is 1.80. The van der Waals surface area contributed by atoms with E-state index in [0.717, 1.165) is 13.0 Å². The number of hydrogen-bond donors (Lipinski definition) is 1. The lowest BCUT2D eigenvalue weighted by atomic mass is 10.2. The fourth-order valence-corrected chi connectivity index (χ4v) is 5.29. The van der Waals surface area contributed by atoms with E-state index in [-0.39, 0.29) is 17.0 Å². The van der Waals surface area contributed by atoms with Gasteiger partial charge in [-0.1, -0.05) is 24.3 Å². The first-order valence-electron chi connectivity index (χ1n) is 10.0. The fraction of sp³-hybridized carbons (Fsp3) is 0.273. The average molecular weight is 442 g/mol. The van der Waals surface area contributed by atoms with Gasteiger partial charge in [-0.15, -0.1) is 0 Å². The maximum atomic E-state index is 13.2. The summed E-state index contributed by atoms with van der Waals surface area (Å²) in [5, 5.41) is 3.80. The summed E-state index contributed by atoms with van der Waals surface area (Å²) < 4.78 is 34.4. The van der Waals surface area contributed by atoms with Gasteiger partial charge < -0.3 is 10.1 Å². The van der Waals surface area contributed by atoms with Gasteiger partial charge in [0.1, 0.15) is 0 Å². The summed E-state index contributed by atoms with van der Waals surface area (Å²) in [4.78, 5) is 25.2. The Hall–Kier alpha value is -3.01. The van der Waals surface area contributed by atoms with Crippen LogP contribution in [0.5, 0.6) is 0 Å². The van der Waals surface area contributed by atoms with Gasteiger partial charge in [0.25, 0.3) is 5.56 Å². The van der Waals surface area contributed by atoms with E-state index in [2.05, 4.69) is 5.32 Å². The standard InChI is InChI=1S/C22H23N3O5S/c26-21-19-8-4-9-20(31(28,29)25-13-5-11-23-12-15-25)18(19)10-14-24(21)16-30-22(27)17-6-2-1-3-7-17/h1-4,6-10,14,23H,5,11-13,15-16H2. The van der Waals surface area contributed by atoms with Crippen LogP contribution < -0.4 is 10.9 Å². The minimum atomic E-state index is -3.74. The highest BCUT2D eigenvalue weighted by molar-refractivity contribution is 7.89. The van der Waals surface area contributed by atoms with Gasteiger partial charge in [-0.25, -0.2) is 13.2 Å². The Morgan fingerprint density at radius 1 is 0.968 bits per heavy atom. The summed E-state index contributed by atoms with van der Waals surface area (Å²) in [7, 11) is -3.74. The van der Waals surface area contributed by atoms with Gasteiger partial charge >= 0.3 is 5.97 Å². The van der Waals surface area contributed by atoms with Crippen molar-refractivity contribution in [2.45, 2.75) is 18.0 Å². The van der Waals surface area contributed by atoms with Gasteiger partial charge in [-0.3, -0.25) is 9.36 Å². The van der Waals surface area contributed by atoms with Crippen LogP contribution in [0.25, 0.3) is 10.8 Å². The topological polar surface area (TPSA) is 97.7 Å². The van der Waals surface area contributed by atoms with E-state index < -0.39 is 21.6 Å². The first-order valence-corrected chi connectivity index (χ1v) is 11.5. The van der Waals surface area contributed by atoms with E-state index in [1.807, 2.05) is 0 Å². The highest BCUT2D eigenvalue weighted by Gasteiger charge is 2.27. The van der Waals surface area contributed by atoms with Crippen molar-refractivity contribution in [3.05, 3.63) is 76.7 Å². The molecule has 0 atom stereocenters. The summed E-state index contributed by atoms with van der Waals surface area (Å²) in [5.41, 5.74) is -0.0374. The molecule has 0 radical (unpaired) electrons. The molecule has 1 N–H and O–H groups in total. The lowest BCUT2D eigenvalue weighted by Gasteiger charge is -2.20. The lowest BCUT2D eigenvalue weighted by molar-refractivity contribution is 0.0367. The molecule has 1 aliphatic heterocycles. The smallest absolute Gasteiger partial charge is 0.339 e. The zero-order valence-corrected chi connectivity index (χ0v) is 17.7. The van der Waals surface area contributed by atoms with Crippen molar-refractivity contribution in [2.75, 3.05) is 26.2 Å². The predicted molar refractivity (Wildman–Crippen MR) is 116 cm³/mol. The number of hydrogen-bond acceptors (Lipinski definition) is 6. The van der Waals surface area contributed by atoms with Crippen molar-refractivity contribution in [3.8, 4) is 0 Å². The Morgan fingerprint density at radius 2 is 1.77 bits per heavy atom. The SMILES string of the molecule is O=C(OCn1ccc2c(S(=O)(=O)N3CCCNCC3)cccc2c1=O)c1ccccc1. The highest BCUT2D eigenvalue weighted by atomic mass is 32.2. The number of sulfonamides is 1. The largest absolute Gasteiger partial charge is 0.440 e. The molecule has 1 aromatic heterocycles. The number of carbonyl (C=O) groups is 1. The minimum Gasteiger partial charge on any atom is -0.440 e. The molecule has 1 saturated heterocycles.